The van der Waals surface area contributed by atoms with E-state index < -0.39 is 0 Å². The van der Waals surface area contributed by atoms with Gasteiger partial charge in [0, 0.05) is 6.04 Å². The van der Waals surface area contributed by atoms with Crippen LogP contribution in [0.15, 0.2) is 24.3 Å². The van der Waals surface area contributed by atoms with Crippen LogP contribution >= 0.6 is 0 Å². The van der Waals surface area contributed by atoms with Gasteiger partial charge in [0.1, 0.15) is 0 Å². The first-order valence-corrected chi connectivity index (χ1v) is 7.62. The molecule has 1 heteroatoms. The topological polar surface area (TPSA) is 12.0 Å². The standard InChI is InChI=1S/C17H25N/c1-18-17(13-7-3-2-4-8-13)16-11-14-9-5-6-10-15(14)12-16/h5-6,9-10,13,16-18H,2-4,7-8,11-12H2,1H3. The molecule has 1 aromatic carbocycles. The van der Waals surface area contributed by atoms with Crippen molar-refractivity contribution in [3.63, 3.8) is 0 Å². The minimum Gasteiger partial charge on any atom is -0.316 e. The number of nitrogens with one attached hydrogen (secondary N) is 1. The van der Waals surface area contributed by atoms with Crippen LogP contribution in [-0.2, 0) is 12.8 Å². The molecular weight excluding hydrogens is 218 g/mol. The first-order chi connectivity index (χ1) is 8.88. The van der Waals surface area contributed by atoms with Gasteiger partial charge in [-0.1, -0.05) is 43.5 Å². The maximum Gasteiger partial charge on any atom is 0.0127 e. The molecule has 1 unspecified atom stereocenters. The lowest BCUT2D eigenvalue weighted by Gasteiger charge is -2.34. The van der Waals surface area contributed by atoms with Crippen LogP contribution in [0.2, 0.25) is 0 Å². The molecule has 2 aliphatic carbocycles. The van der Waals surface area contributed by atoms with Gasteiger partial charge in [0.05, 0.1) is 0 Å². The lowest BCUT2D eigenvalue weighted by atomic mass is 9.78. The second-order valence-corrected chi connectivity index (χ2v) is 6.15. The van der Waals surface area contributed by atoms with E-state index in [1.54, 1.807) is 11.1 Å². The summed E-state index contributed by atoms with van der Waals surface area (Å²) in [4.78, 5) is 0. The summed E-state index contributed by atoms with van der Waals surface area (Å²) in [6.07, 6.45) is 9.82. The molecule has 1 aromatic rings. The zero-order chi connectivity index (χ0) is 12.4. The summed E-state index contributed by atoms with van der Waals surface area (Å²) in [5.41, 5.74) is 3.19. The molecule has 0 aromatic heterocycles. The summed E-state index contributed by atoms with van der Waals surface area (Å²) in [6.45, 7) is 0. The predicted molar refractivity (Wildman–Crippen MR) is 76.8 cm³/mol. The minimum absolute atomic E-state index is 0.734. The van der Waals surface area contributed by atoms with Gasteiger partial charge in [-0.3, -0.25) is 0 Å². The fourth-order valence-electron chi connectivity index (χ4n) is 4.20. The van der Waals surface area contributed by atoms with Gasteiger partial charge in [-0.2, -0.15) is 0 Å². The number of rotatable bonds is 3. The van der Waals surface area contributed by atoms with E-state index in [0.717, 1.165) is 17.9 Å². The molecule has 0 amide bonds. The molecule has 18 heavy (non-hydrogen) atoms. The molecule has 3 rings (SSSR count). The molecular formula is C17H25N. The molecule has 0 aliphatic heterocycles. The van der Waals surface area contributed by atoms with Crippen molar-refractivity contribution < 1.29 is 0 Å². The van der Waals surface area contributed by atoms with E-state index in [4.69, 9.17) is 0 Å². The summed E-state index contributed by atoms with van der Waals surface area (Å²) >= 11 is 0. The Hall–Kier alpha value is -0.820. The van der Waals surface area contributed by atoms with Crippen LogP contribution < -0.4 is 5.32 Å². The number of hydrogen-bond donors (Lipinski definition) is 1. The quantitative estimate of drug-likeness (QED) is 0.856. The highest BCUT2D eigenvalue weighted by molar-refractivity contribution is 5.32. The van der Waals surface area contributed by atoms with Crippen molar-refractivity contribution in [3.8, 4) is 0 Å². The van der Waals surface area contributed by atoms with Gasteiger partial charge in [0.2, 0.25) is 0 Å². The van der Waals surface area contributed by atoms with Gasteiger partial charge in [-0.25, -0.2) is 0 Å². The largest absolute Gasteiger partial charge is 0.316 e. The van der Waals surface area contributed by atoms with Crippen molar-refractivity contribution in [2.24, 2.45) is 11.8 Å². The fraction of sp³-hybridized carbons (Fsp3) is 0.647. The third-order valence-corrected chi connectivity index (χ3v) is 5.08. The van der Waals surface area contributed by atoms with Gasteiger partial charge in [0.25, 0.3) is 0 Å². The van der Waals surface area contributed by atoms with E-state index >= 15 is 0 Å². The SMILES string of the molecule is CNC(C1CCCCC1)C1Cc2ccccc2C1. The Balaban J connectivity index is 1.71. The lowest BCUT2D eigenvalue weighted by molar-refractivity contribution is 0.218. The molecule has 98 valence electrons. The smallest absolute Gasteiger partial charge is 0.0127 e. The van der Waals surface area contributed by atoms with E-state index in [0.29, 0.717) is 0 Å². The summed E-state index contributed by atoms with van der Waals surface area (Å²) in [6, 6.07) is 9.76. The summed E-state index contributed by atoms with van der Waals surface area (Å²) in [7, 11) is 2.17. The van der Waals surface area contributed by atoms with Crippen LogP contribution in [0.3, 0.4) is 0 Å². The maximum atomic E-state index is 3.65. The Morgan fingerprint density at radius 3 is 2.11 bits per heavy atom. The number of fused-ring (bicyclic) bond motifs is 1. The Morgan fingerprint density at radius 1 is 0.944 bits per heavy atom. The third kappa shape index (κ3) is 2.33. The average molecular weight is 243 g/mol. The molecule has 1 nitrogen and oxygen atoms in total. The van der Waals surface area contributed by atoms with Crippen LogP contribution in [0, 0.1) is 11.8 Å². The average Bonchev–Trinajstić information content (AvgIpc) is 2.84. The van der Waals surface area contributed by atoms with Crippen molar-refractivity contribution in [3.05, 3.63) is 35.4 Å². The number of benzene rings is 1. The molecule has 0 saturated heterocycles. The second-order valence-electron chi connectivity index (χ2n) is 6.15. The molecule has 0 bridgehead atoms. The van der Waals surface area contributed by atoms with Crippen LogP contribution in [-0.4, -0.2) is 13.1 Å². The lowest BCUT2D eigenvalue weighted by Crippen LogP contribution is -2.41. The van der Waals surface area contributed by atoms with E-state index in [2.05, 4.69) is 36.6 Å². The van der Waals surface area contributed by atoms with Crippen molar-refractivity contribution in [2.75, 3.05) is 7.05 Å². The Labute approximate surface area is 111 Å². The molecule has 1 N–H and O–H groups in total. The van der Waals surface area contributed by atoms with Crippen LogP contribution in [0.5, 0.6) is 0 Å². The normalized spacial score (nSPS) is 22.9. The Kier molecular flexibility index (Phi) is 3.69. The second kappa shape index (κ2) is 5.44. The van der Waals surface area contributed by atoms with E-state index in [1.807, 2.05) is 0 Å². The highest BCUT2D eigenvalue weighted by Gasteiger charge is 2.33. The van der Waals surface area contributed by atoms with Crippen LogP contribution in [0.25, 0.3) is 0 Å². The van der Waals surface area contributed by atoms with Crippen LogP contribution in [0.1, 0.15) is 43.2 Å². The zero-order valence-corrected chi connectivity index (χ0v) is 11.5. The molecule has 1 fully saturated rings. The zero-order valence-electron chi connectivity index (χ0n) is 11.5. The third-order valence-electron chi connectivity index (χ3n) is 5.08. The van der Waals surface area contributed by atoms with Gasteiger partial charge < -0.3 is 5.32 Å². The van der Waals surface area contributed by atoms with Crippen LogP contribution in [0.4, 0.5) is 0 Å². The molecule has 0 spiro atoms. The Morgan fingerprint density at radius 2 is 1.56 bits per heavy atom. The van der Waals surface area contributed by atoms with E-state index in [9.17, 15) is 0 Å². The maximum absolute atomic E-state index is 3.65. The first kappa shape index (κ1) is 12.2. The van der Waals surface area contributed by atoms with Gasteiger partial charge in [-0.15, -0.1) is 0 Å². The van der Waals surface area contributed by atoms with E-state index in [1.165, 1.54) is 44.9 Å². The summed E-state index contributed by atoms with van der Waals surface area (Å²) in [5.74, 6) is 1.75. The highest BCUT2D eigenvalue weighted by atomic mass is 14.9. The molecule has 1 atom stereocenters. The van der Waals surface area contributed by atoms with Gasteiger partial charge in [0.15, 0.2) is 0 Å². The van der Waals surface area contributed by atoms with Crippen molar-refractivity contribution >= 4 is 0 Å². The summed E-state index contributed by atoms with van der Waals surface area (Å²) in [5, 5.41) is 3.65. The molecule has 1 saturated carbocycles. The molecule has 2 aliphatic rings. The molecule has 0 heterocycles. The highest BCUT2D eigenvalue weighted by Crippen LogP contribution is 2.35. The summed E-state index contributed by atoms with van der Waals surface area (Å²) < 4.78 is 0. The minimum atomic E-state index is 0.734. The van der Waals surface area contributed by atoms with Crippen molar-refractivity contribution in [2.45, 2.75) is 51.0 Å². The van der Waals surface area contributed by atoms with Crippen molar-refractivity contribution in [1.82, 2.24) is 5.32 Å². The Bertz CT molecular complexity index is 367. The van der Waals surface area contributed by atoms with E-state index in [-0.39, 0.29) is 0 Å². The number of hydrogen-bond acceptors (Lipinski definition) is 1. The van der Waals surface area contributed by atoms with Crippen molar-refractivity contribution in [1.29, 1.82) is 0 Å². The molecule has 0 radical (unpaired) electrons. The first-order valence-electron chi connectivity index (χ1n) is 7.62. The fourth-order valence-corrected chi connectivity index (χ4v) is 4.20. The monoisotopic (exact) mass is 243 g/mol. The van der Waals surface area contributed by atoms with Gasteiger partial charge >= 0.3 is 0 Å². The predicted octanol–water partition coefficient (Wildman–Crippen LogP) is 3.57. The van der Waals surface area contributed by atoms with Gasteiger partial charge in [-0.05, 0) is 55.7 Å².